The Morgan fingerprint density at radius 3 is 2.80 bits per heavy atom. The van der Waals surface area contributed by atoms with Crippen LogP contribution in [0.4, 0.5) is 10.1 Å². The van der Waals surface area contributed by atoms with Crippen molar-refractivity contribution in [2.24, 2.45) is 0 Å². The van der Waals surface area contributed by atoms with Crippen molar-refractivity contribution in [1.82, 2.24) is 19.9 Å². The minimum atomic E-state index is -0.619. The Kier molecular flexibility index (Phi) is 8.29. The molecule has 12 heteroatoms. The van der Waals surface area contributed by atoms with Crippen LogP contribution >= 0.6 is 23.6 Å². The quantitative estimate of drug-likeness (QED) is 0.197. The van der Waals surface area contributed by atoms with E-state index in [4.69, 9.17) is 21.7 Å². The third-order valence-electron chi connectivity index (χ3n) is 5.82. The minimum absolute atomic E-state index is 0.000101. The van der Waals surface area contributed by atoms with Gasteiger partial charge in [0.15, 0.2) is 16.7 Å². The Morgan fingerprint density at radius 1 is 1.15 bits per heavy atom. The van der Waals surface area contributed by atoms with E-state index in [1.165, 1.54) is 29.5 Å². The van der Waals surface area contributed by atoms with Crippen molar-refractivity contribution >= 4 is 50.5 Å². The number of anilines is 1. The van der Waals surface area contributed by atoms with Gasteiger partial charge in [-0.3, -0.25) is 9.78 Å². The zero-order valence-electron chi connectivity index (χ0n) is 21.3. The van der Waals surface area contributed by atoms with Crippen LogP contribution in [0.2, 0.25) is 0 Å². The second kappa shape index (κ2) is 12.2. The number of imidazole rings is 1. The first-order valence-corrected chi connectivity index (χ1v) is 13.4. The largest absolute Gasteiger partial charge is 0.508 e. The topological polar surface area (TPSA) is 111 Å². The molecular formula is C28H24FN5O4S2. The lowest BCUT2D eigenvalue weighted by Gasteiger charge is -2.12. The number of nitrogens with one attached hydrogen (secondary N) is 2. The van der Waals surface area contributed by atoms with Gasteiger partial charge in [-0.25, -0.2) is 9.37 Å². The number of aromatic hydroxyl groups is 1. The van der Waals surface area contributed by atoms with E-state index in [1.807, 2.05) is 16.8 Å². The van der Waals surface area contributed by atoms with Crippen LogP contribution in [0.1, 0.15) is 5.56 Å². The first-order chi connectivity index (χ1) is 19.4. The molecule has 2 aromatic carbocycles. The molecule has 0 aliphatic heterocycles. The van der Waals surface area contributed by atoms with E-state index in [2.05, 4.69) is 20.6 Å². The highest BCUT2D eigenvalue weighted by molar-refractivity contribution is 7.80. The van der Waals surface area contributed by atoms with Crippen LogP contribution in [0, 0.1) is 5.82 Å². The number of nitrogens with zero attached hydrogens (tertiary/aromatic N) is 3. The molecular weight excluding hydrogens is 553 g/mol. The number of pyridine rings is 1. The van der Waals surface area contributed by atoms with E-state index in [-0.39, 0.29) is 23.0 Å². The van der Waals surface area contributed by atoms with E-state index in [0.29, 0.717) is 35.7 Å². The highest BCUT2D eigenvalue weighted by Crippen LogP contribution is 2.39. The molecule has 1 amide bonds. The van der Waals surface area contributed by atoms with Gasteiger partial charge in [-0.1, -0.05) is 18.2 Å². The summed E-state index contributed by atoms with van der Waals surface area (Å²) in [6.07, 6.45) is 5.24. The van der Waals surface area contributed by atoms with Gasteiger partial charge in [0.05, 0.1) is 40.1 Å². The van der Waals surface area contributed by atoms with Crippen LogP contribution in [0.3, 0.4) is 0 Å². The molecule has 0 atom stereocenters. The normalized spacial score (nSPS) is 10.9. The summed E-state index contributed by atoms with van der Waals surface area (Å²) in [7, 11) is 1.65. The van der Waals surface area contributed by atoms with Crippen molar-refractivity contribution < 1.29 is 23.8 Å². The molecule has 0 saturated heterocycles. The number of fused-ring (bicyclic) bond motifs is 1. The Hall–Kier alpha value is -4.39. The first-order valence-electron chi connectivity index (χ1n) is 12.1. The molecule has 9 nitrogen and oxygen atoms in total. The summed E-state index contributed by atoms with van der Waals surface area (Å²) >= 11 is 6.64. The summed E-state index contributed by atoms with van der Waals surface area (Å²) in [6.45, 7) is 1.28. The number of rotatable bonds is 9. The average Bonchev–Trinajstić information content (AvgIpc) is 3.58. The highest BCUT2D eigenvalue weighted by Gasteiger charge is 2.15. The van der Waals surface area contributed by atoms with Gasteiger partial charge >= 0.3 is 0 Å². The summed E-state index contributed by atoms with van der Waals surface area (Å²) in [5.41, 5.74) is 2.32. The number of thiocarbonyl (C=S) groups is 1. The van der Waals surface area contributed by atoms with Gasteiger partial charge in [0, 0.05) is 49.4 Å². The molecule has 0 bridgehead atoms. The fourth-order valence-corrected chi connectivity index (χ4v) is 5.13. The summed E-state index contributed by atoms with van der Waals surface area (Å²) in [6, 6.07) is 14.4. The Morgan fingerprint density at radius 2 is 2.00 bits per heavy atom. The maximum atomic E-state index is 15.0. The van der Waals surface area contributed by atoms with Crippen molar-refractivity contribution in [1.29, 1.82) is 0 Å². The molecule has 5 aromatic rings. The van der Waals surface area contributed by atoms with Crippen LogP contribution in [-0.4, -0.2) is 44.4 Å². The molecule has 0 radical (unpaired) electrons. The molecule has 3 heterocycles. The molecule has 40 heavy (non-hydrogen) atoms. The van der Waals surface area contributed by atoms with Gasteiger partial charge in [-0.15, -0.1) is 11.3 Å². The van der Waals surface area contributed by atoms with Crippen LogP contribution in [-0.2, 0) is 22.5 Å². The molecule has 0 spiro atoms. The van der Waals surface area contributed by atoms with Crippen molar-refractivity contribution in [2.75, 3.05) is 19.0 Å². The number of para-hydroxylation sites is 1. The molecule has 0 aliphatic rings. The maximum absolute atomic E-state index is 15.0. The van der Waals surface area contributed by atoms with Crippen LogP contribution in [0.15, 0.2) is 73.3 Å². The lowest BCUT2D eigenvalue weighted by molar-refractivity contribution is -0.119. The van der Waals surface area contributed by atoms with E-state index in [9.17, 15) is 14.3 Å². The number of hydrogen-bond acceptors (Lipinski definition) is 8. The smallest absolute Gasteiger partial charge is 0.230 e. The number of benzene rings is 2. The standard InChI is InChI=1S/C28H24FN5O4S2/c1-37-11-10-34-15-21(31-16-34)25-14-20-27(40-25)24(8-9-30-20)38-23-7-6-18(13-19(23)29)32-28(39)33-26(36)12-17-4-2-3-5-22(17)35/h2-9,13-16,35H,10-12H2,1H3,(H2,32,33,36,39). The number of hydrogen-bond donors (Lipinski definition) is 3. The van der Waals surface area contributed by atoms with Crippen LogP contribution in [0.5, 0.6) is 17.2 Å². The number of amides is 1. The van der Waals surface area contributed by atoms with Crippen LogP contribution in [0.25, 0.3) is 20.8 Å². The molecule has 3 N–H and O–H groups in total. The number of thiophene rings is 1. The van der Waals surface area contributed by atoms with Gasteiger partial charge in [-0.2, -0.15) is 0 Å². The molecule has 0 aliphatic carbocycles. The number of aromatic nitrogens is 3. The average molecular weight is 578 g/mol. The van der Waals surface area contributed by atoms with Crippen molar-refractivity contribution in [2.45, 2.75) is 13.0 Å². The first kappa shape index (κ1) is 27.2. The van der Waals surface area contributed by atoms with Crippen molar-refractivity contribution in [3.05, 3.63) is 84.7 Å². The predicted octanol–water partition coefficient (Wildman–Crippen LogP) is 5.50. The SMILES string of the molecule is COCCn1cnc(-c2cc3nccc(Oc4ccc(NC(=S)NC(=O)Cc5ccccc5O)cc4F)c3s2)c1. The summed E-state index contributed by atoms with van der Waals surface area (Å²) in [4.78, 5) is 22.1. The highest BCUT2D eigenvalue weighted by atomic mass is 32.1. The fraction of sp³-hybridized carbons (Fsp3) is 0.143. The Labute approximate surface area is 238 Å². The number of phenolic OH excluding ortho intramolecular Hbond substituents is 1. The zero-order valence-corrected chi connectivity index (χ0v) is 22.9. The van der Waals surface area contributed by atoms with Crippen LogP contribution < -0.4 is 15.4 Å². The zero-order chi connectivity index (χ0) is 28.1. The molecule has 0 saturated carbocycles. The van der Waals surface area contributed by atoms with Gasteiger partial charge in [-0.05, 0) is 36.5 Å². The second-order valence-electron chi connectivity index (χ2n) is 8.68. The van der Waals surface area contributed by atoms with E-state index < -0.39 is 11.7 Å². The number of carbonyl (C=O) groups is 1. The molecule has 3 aromatic heterocycles. The number of carbonyl (C=O) groups excluding carboxylic acids is 1. The van der Waals surface area contributed by atoms with E-state index in [1.54, 1.807) is 50.0 Å². The number of halogens is 1. The maximum Gasteiger partial charge on any atom is 0.230 e. The van der Waals surface area contributed by atoms with Crippen molar-refractivity contribution in [3.8, 4) is 27.8 Å². The number of methoxy groups -OCH3 is 1. The Balaban J connectivity index is 1.25. The van der Waals surface area contributed by atoms with Crippen molar-refractivity contribution in [3.63, 3.8) is 0 Å². The lowest BCUT2D eigenvalue weighted by Crippen LogP contribution is -2.35. The molecule has 204 valence electrons. The summed E-state index contributed by atoms with van der Waals surface area (Å²) in [5.74, 6) is -0.531. The molecule has 5 rings (SSSR count). The van der Waals surface area contributed by atoms with E-state index >= 15 is 0 Å². The third kappa shape index (κ3) is 6.42. The van der Waals surface area contributed by atoms with E-state index in [0.717, 1.165) is 15.3 Å². The number of phenols is 1. The minimum Gasteiger partial charge on any atom is -0.508 e. The number of ether oxygens (including phenoxy) is 2. The molecule has 0 fully saturated rings. The van der Waals surface area contributed by atoms with Gasteiger partial charge in [0.2, 0.25) is 5.91 Å². The van der Waals surface area contributed by atoms with Gasteiger partial charge in [0.25, 0.3) is 0 Å². The third-order valence-corrected chi connectivity index (χ3v) is 7.19. The van der Waals surface area contributed by atoms with Gasteiger partial charge in [0.1, 0.15) is 11.5 Å². The second-order valence-corrected chi connectivity index (χ2v) is 10.1. The van der Waals surface area contributed by atoms with Gasteiger partial charge < -0.3 is 29.8 Å². The summed E-state index contributed by atoms with van der Waals surface area (Å²) < 4.78 is 28.8. The summed E-state index contributed by atoms with van der Waals surface area (Å²) in [5, 5.41) is 15.1. The molecule has 0 unspecified atom stereocenters. The predicted molar refractivity (Wildman–Crippen MR) is 155 cm³/mol. The monoisotopic (exact) mass is 577 g/mol. The fourth-order valence-electron chi connectivity index (χ4n) is 3.87. The Bertz CT molecular complexity index is 1690. The lowest BCUT2D eigenvalue weighted by atomic mass is 10.1.